The van der Waals surface area contributed by atoms with Crippen molar-refractivity contribution >= 4 is 0 Å². The standard InChI is InChI=1S/C15H18N4O2/c1-20-13-8-7-12(18-19-13)14(17-16)11-6-2-4-10-5-3-9-21-15(10)11/h2,4,6-8,14,17H,3,5,9,16H2,1H3. The van der Waals surface area contributed by atoms with Crippen LogP contribution in [0.1, 0.15) is 29.3 Å². The highest BCUT2D eigenvalue weighted by molar-refractivity contribution is 5.46. The van der Waals surface area contributed by atoms with Gasteiger partial charge in [0, 0.05) is 11.6 Å². The largest absolute Gasteiger partial charge is 0.493 e. The Morgan fingerprint density at radius 1 is 1.29 bits per heavy atom. The molecule has 6 heteroatoms. The number of hydrazine groups is 1. The third kappa shape index (κ3) is 2.68. The number of methoxy groups -OCH3 is 1. The molecule has 0 saturated heterocycles. The number of para-hydroxylation sites is 1. The molecule has 1 aromatic heterocycles. The summed E-state index contributed by atoms with van der Waals surface area (Å²) in [4.78, 5) is 0. The zero-order valence-corrected chi connectivity index (χ0v) is 11.9. The summed E-state index contributed by atoms with van der Waals surface area (Å²) in [5, 5.41) is 8.17. The summed E-state index contributed by atoms with van der Waals surface area (Å²) in [6.45, 7) is 0.732. The van der Waals surface area contributed by atoms with E-state index in [9.17, 15) is 0 Å². The van der Waals surface area contributed by atoms with Crippen molar-refractivity contribution in [3.63, 3.8) is 0 Å². The van der Waals surface area contributed by atoms with Crippen LogP contribution in [0.15, 0.2) is 30.3 Å². The number of nitrogens with one attached hydrogen (secondary N) is 1. The molecule has 21 heavy (non-hydrogen) atoms. The van der Waals surface area contributed by atoms with E-state index in [1.54, 1.807) is 13.2 Å². The van der Waals surface area contributed by atoms with Crippen molar-refractivity contribution in [3.8, 4) is 11.6 Å². The SMILES string of the molecule is COc1ccc(C(NN)c2cccc3c2OCCC3)nn1. The third-order valence-electron chi connectivity index (χ3n) is 3.61. The molecule has 0 radical (unpaired) electrons. The van der Waals surface area contributed by atoms with E-state index >= 15 is 0 Å². The summed E-state index contributed by atoms with van der Waals surface area (Å²) >= 11 is 0. The minimum Gasteiger partial charge on any atom is -0.493 e. The molecule has 0 aliphatic carbocycles. The molecule has 1 aromatic carbocycles. The normalized spacial score (nSPS) is 15.0. The Bertz CT molecular complexity index is 616. The molecule has 1 atom stereocenters. The molecule has 0 saturated carbocycles. The highest BCUT2D eigenvalue weighted by Gasteiger charge is 2.22. The van der Waals surface area contributed by atoms with E-state index in [1.165, 1.54) is 5.56 Å². The molecule has 0 bridgehead atoms. The predicted octanol–water partition coefficient (Wildman–Crippen LogP) is 1.36. The van der Waals surface area contributed by atoms with Gasteiger partial charge in [0.1, 0.15) is 5.75 Å². The Kier molecular flexibility index (Phi) is 3.98. The molecule has 1 aliphatic rings. The van der Waals surface area contributed by atoms with E-state index in [0.717, 1.165) is 36.5 Å². The van der Waals surface area contributed by atoms with Crippen molar-refractivity contribution in [2.45, 2.75) is 18.9 Å². The number of nitrogens with zero attached hydrogens (tertiary/aromatic N) is 2. The van der Waals surface area contributed by atoms with Gasteiger partial charge in [0.05, 0.1) is 25.5 Å². The van der Waals surface area contributed by atoms with Gasteiger partial charge in [-0.15, -0.1) is 10.2 Å². The van der Waals surface area contributed by atoms with Gasteiger partial charge in [0.25, 0.3) is 0 Å². The molecule has 0 fully saturated rings. The fraction of sp³-hybridized carbons (Fsp3) is 0.333. The van der Waals surface area contributed by atoms with Crippen molar-refractivity contribution in [1.82, 2.24) is 15.6 Å². The monoisotopic (exact) mass is 286 g/mol. The van der Waals surface area contributed by atoms with Crippen molar-refractivity contribution < 1.29 is 9.47 Å². The highest BCUT2D eigenvalue weighted by Crippen LogP contribution is 2.34. The molecule has 110 valence electrons. The maximum atomic E-state index is 5.84. The van der Waals surface area contributed by atoms with Gasteiger partial charge in [0.15, 0.2) is 0 Å². The first-order valence-electron chi connectivity index (χ1n) is 6.92. The molecule has 1 aliphatic heterocycles. The Morgan fingerprint density at radius 2 is 2.19 bits per heavy atom. The minimum absolute atomic E-state index is 0.267. The molecule has 1 unspecified atom stereocenters. The van der Waals surface area contributed by atoms with E-state index in [2.05, 4.69) is 21.7 Å². The lowest BCUT2D eigenvalue weighted by molar-refractivity contribution is 0.283. The first kappa shape index (κ1) is 13.8. The number of aromatic nitrogens is 2. The molecule has 0 spiro atoms. The number of fused-ring (bicyclic) bond motifs is 1. The lowest BCUT2D eigenvalue weighted by Gasteiger charge is -2.24. The Labute approximate surface area is 123 Å². The molecule has 2 heterocycles. The van der Waals surface area contributed by atoms with Gasteiger partial charge in [-0.1, -0.05) is 18.2 Å². The van der Waals surface area contributed by atoms with Gasteiger partial charge in [-0.2, -0.15) is 0 Å². The zero-order valence-electron chi connectivity index (χ0n) is 11.9. The van der Waals surface area contributed by atoms with E-state index < -0.39 is 0 Å². The molecular formula is C15H18N4O2. The average Bonchev–Trinajstić information content (AvgIpc) is 2.56. The van der Waals surface area contributed by atoms with Crippen LogP contribution < -0.4 is 20.7 Å². The van der Waals surface area contributed by atoms with Gasteiger partial charge >= 0.3 is 0 Å². The summed E-state index contributed by atoms with van der Waals surface area (Å²) in [5.74, 6) is 7.12. The first-order chi connectivity index (χ1) is 10.3. The van der Waals surface area contributed by atoms with Gasteiger partial charge in [-0.3, -0.25) is 5.84 Å². The average molecular weight is 286 g/mol. The quantitative estimate of drug-likeness (QED) is 0.652. The zero-order chi connectivity index (χ0) is 14.7. The van der Waals surface area contributed by atoms with Crippen LogP contribution in [0.25, 0.3) is 0 Å². The molecule has 3 rings (SSSR count). The van der Waals surface area contributed by atoms with Gasteiger partial charge in [0.2, 0.25) is 5.88 Å². The van der Waals surface area contributed by atoms with Crippen LogP contribution in [0, 0.1) is 0 Å². The van der Waals surface area contributed by atoms with E-state index in [4.69, 9.17) is 15.3 Å². The number of hydrogen-bond donors (Lipinski definition) is 2. The summed E-state index contributed by atoms with van der Waals surface area (Å²) < 4.78 is 10.9. The fourth-order valence-corrected chi connectivity index (χ4v) is 2.57. The van der Waals surface area contributed by atoms with Gasteiger partial charge < -0.3 is 9.47 Å². The minimum atomic E-state index is -0.267. The van der Waals surface area contributed by atoms with Crippen LogP contribution in [0.3, 0.4) is 0 Å². The number of ether oxygens (including phenoxy) is 2. The smallest absolute Gasteiger partial charge is 0.233 e. The van der Waals surface area contributed by atoms with E-state index in [1.807, 2.05) is 18.2 Å². The van der Waals surface area contributed by atoms with E-state index in [0.29, 0.717) is 5.88 Å². The second kappa shape index (κ2) is 6.07. The summed E-state index contributed by atoms with van der Waals surface area (Å²) in [5.41, 5.74) is 5.71. The fourth-order valence-electron chi connectivity index (χ4n) is 2.57. The second-order valence-electron chi connectivity index (χ2n) is 4.89. The van der Waals surface area contributed by atoms with Crippen LogP contribution in [-0.2, 0) is 6.42 Å². The van der Waals surface area contributed by atoms with Crippen LogP contribution in [-0.4, -0.2) is 23.9 Å². The topological polar surface area (TPSA) is 82.3 Å². The summed E-state index contributed by atoms with van der Waals surface area (Å²) in [7, 11) is 1.56. The van der Waals surface area contributed by atoms with Gasteiger partial charge in [-0.25, -0.2) is 5.43 Å². The molecule has 2 aromatic rings. The molecule has 0 amide bonds. The van der Waals surface area contributed by atoms with Gasteiger partial charge in [-0.05, 0) is 24.5 Å². The Hall–Kier alpha value is -2.18. The van der Waals surface area contributed by atoms with E-state index in [-0.39, 0.29) is 6.04 Å². The lowest BCUT2D eigenvalue weighted by Crippen LogP contribution is -2.30. The number of nitrogens with two attached hydrogens (primary N) is 1. The maximum absolute atomic E-state index is 5.84. The predicted molar refractivity (Wildman–Crippen MR) is 78.0 cm³/mol. The lowest BCUT2D eigenvalue weighted by atomic mass is 9.96. The number of hydrogen-bond acceptors (Lipinski definition) is 6. The molecular weight excluding hydrogens is 268 g/mol. The number of rotatable bonds is 4. The maximum Gasteiger partial charge on any atom is 0.233 e. The third-order valence-corrected chi connectivity index (χ3v) is 3.61. The van der Waals surface area contributed by atoms with Crippen LogP contribution in [0.5, 0.6) is 11.6 Å². The van der Waals surface area contributed by atoms with Crippen molar-refractivity contribution in [2.24, 2.45) is 5.84 Å². The van der Waals surface area contributed by atoms with Crippen molar-refractivity contribution in [3.05, 3.63) is 47.2 Å². The van der Waals surface area contributed by atoms with Crippen LogP contribution >= 0.6 is 0 Å². The Morgan fingerprint density at radius 3 is 2.90 bits per heavy atom. The molecule has 3 N–H and O–H groups in total. The Balaban J connectivity index is 1.99. The molecule has 6 nitrogen and oxygen atoms in total. The number of aryl methyl sites for hydroxylation is 1. The van der Waals surface area contributed by atoms with Crippen molar-refractivity contribution in [2.75, 3.05) is 13.7 Å². The van der Waals surface area contributed by atoms with Crippen LogP contribution in [0.2, 0.25) is 0 Å². The number of benzene rings is 1. The second-order valence-corrected chi connectivity index (χ2v) is 4.89. The first-order valence-corrected chi connectivity index (χ1v) is 6.92. The van der Waals surface area contributed by atoms with Crippen LogP contribution in [0.4, 0.5) is 0 Å². The summed E-state index contributed by atoms with van der Waals surface area (Å²) in [6.07, 6.45) is 2.06. The van der Waals surface area contributed by atoms with Crippen molar-refractivity contribution in [1.29, 1.82) is 0 Å². The highest BCUT2D eigenvalue weighted by atomic mass is 16.5. The summed E-state index contributed by atoms with van der Waals surface area (Å²) in [6, 6.07) is 9.45.